The highest BCUT2D eigenvalue weighted by Gasteiger charge is 2.26. The molecule has 1 atom stereocenters. The molecule has 0 aromatic heterocycles. The molecule has 0 aromatic carbocycles. The van der Waals surface area contributed by atoms with Crippen LogP contribution in [0.1, 0.15) is 32.1 Å². The number of nitrogens with one attached hydrogen (secondary N) is 1. The lowest BCUT2D eigenvalue weighted by atomic mass is 9.82. The minimum atomic E-state index is -3.12. The molecule has 1 amide bonds. The van der Waals surface area contributed by atoms with Crippen molar-refractivity contribution in [2.45, 2.75) is 38.1 Å². The van der Waals surface area contributed by atoms with Gasteiger partial charge in [0, 0.05) is 12.8 Å². The molecule has 1 fully saturated rings. The normalized spacial score (nSPS) is 24.3. The molecule has 0 heterocycles. The van der Waals surface area contributed by atoms with Crippen molar-refractivity contribution in [3.05, 3.63) is 0 Å². The number of carboxylic acid groups (broad SMARTS) is 1. The zero-order valence-electron chi connectivity index (χ0n) is 12.2. The van der Waals surface area contributed by atoms with E-state index >= 15 is 0 Å². The predicted molar refractivity (Wildman–Crippen MR) is 78.4 cm³/mol. The van der Waals surface area contributed by atoms with E-state index in [4.69, 9.17) is 10.8 Å². The largest absolute Gasteiger partial charge is 0.481 e. The van der Waals surface area contributed by atoms with Gasteiger partial charge in [0.2, 0.25) is 5.91 Å². The molecule has 122 valence electrons. The number of rotatable bonds is 7. The fourth-order valence-corrected chi connectivity index (χ4v) is 3.14. The second-order valence-corrected chi connectivity index (χ2v) is 8.09. The first-order valence-electron chi connectivity index (χ1n) is 7.13. The number of carboxylic acids is 1. The number of amides is 1. The molecule has 1 aliphatic rings. The van der Waals surface area contributed by atoms with Crippen LogP contribution < -0.4 is 11.1 Å². The number of hydrogen-bond donors (Lipinski definition) is 3. The molecule has 1 unspecified atom stereocenters. The monoisotopic (exact) mass is 320 g/mol. The van der Waals surface area contributed by atoms with E-state index in [0.29, 0.717) is 19.4 Å². The summed E-state index contributed by atoms with van der Waals surface area (Å²) >= 11 is 0. The molecule has 0 aliphatic heterocycles. The van der Waals surface area contributed by atoms with Gasteiger partial charge < -0.3 is 16.2 Å². The Hall–Kier alpha value is -1.15. The van der Waals surface area contributed by atoms with Crippen LogP contribution in [0.5, 0.6) is 0 Å². The van der Waals surface area contributed by atoms with Crippen LogP contribution in [0, 0.1) is 11.8 Å². The Morgan fingerprint density at radius 2 is 1.86 bits per heavy atom. The van der Waals surface area contributed by atoms with E-state index in [0.717, 1.165) is 19.1 Å². The first-order chi connectivity index (χ1) is 9.69. The third kappa shape index (κ3) is 6.90. The Morgan fingerprint density at radius 3 is 2.33 bits per heavy atom. The first kappa shape index (κ1) is 17.9. The van der Waals surface area contributed by atoms with Crippen LogP contribution in [0.2, 0.25) is 0 Å². The summed E-state index contributed by atoms with van der Waals surface area (Å²) in [6.45, 7) is 0.470. The summed E-state index contributed by atoms with van der Waals surface area (Å²) in [6, 6.07) is -0.824. The van der Waals surface area contributed by atoms with Gasteiger partial charge in [0.25, 0.3) is 0 Å². The van der Waals surface area contributed by atoms with E-state index in [1.54, 1.807) is 0 Å². The van der Waals surface area contributed by atoms with Crippen LogP contribution in [0.25, 0.3) is 0 Å². The van der Waals surface area contributed by atoms with Crippen molar-refractivity contribution < 1.29 is 23.1 Å². The van der Waals surface area contributed by atoms with Gasteiger partial charge in [-0.2, -0.15) is 0 Å². The van der Waals surface area contributed by atoms with E-state index in [1.165, 1.54) is 0 Å². The van der Waals surface area contributed by atoms with Crippen molar-refractivity contribution in [2.75, 3.05) is 18.6 Å². The van der Waals surface area contributed by atoms with E-state index in [-0.39, 0.29) is 29.9 Å². The Bertz CT molecular complexity index is 469. The number of hydrogen-bond acceptors (Lipinski definition) is 5. The van der Waals surface area contributed by atoms with Crippen molar-refractivity contribution in [1.29, 1.82) is 0 Å². The molecule has 8 heteroatoms. The third-order valence-electron chi connectivity index (χ3n) is 3.90. The molecule has 1 saturated carbocycles. The lowest BCUT2D eigenvalue weighted by Crippen LogP contribution is -2.43. The molecule has 0 spiro atoms. The SMILES string of the molecule is CS(=O)(=O)CCC(N)C(=O)NCC1CCC(C(=O)O)CC1. The number of nitrogens with two attached hydrogens (primary N) is 1. The quantitative estimate of drug-likeness (QED) is 0.594. The number of carbonyl (C=O) groups is 2. The fourth-order valence-electron chi connectivity index (χ4n) is 2.46. The summed E-state index contributed by atoms with van der Waals surface area (Å²) in [5, 5.41) is 11.6. The molecule has 0 bridgehead atoms. The Kier molecular flexibility index (Phi) is 6.60. The molecule has 21 heavy (non-hydrogen) atoms. The zero-order valence-corrected chi connectivity index (χ0v) is 13.1. The molecule has 7 nitrogen and oxygen atoms in total. The van der Waals surface area contributed by atoms with Crippen LogP contribution in [0.15, 0.2) is 0 Å². The summed E-state index contributed by atoms with van der Waals surface area (Å²) < 4.78 is 22.0. The van der Waals surface area contributed by atoms with Crippen LogP contribution in [0.3, 0.4) is 0 Å². The van der Waals surface area contributed by atoms with Gasteiger partial charge in [-0.15, -0.1) is 0 Å². The highest BCUT2D eigenvalue weighted by atomic mass is 32.2. The molecule has 1 aliphatic carbocycles. The van der Waals surface area contributed by atoms with Gasteiger partial charge >= 0.3 is 5.97 Å². The third-order valence-corrected chi connectivity index (χ3v) is 4.87. The van der Waals surface area contributed by atoms with Crippen molar-refractivity contribution in [3.63, 3.8) is 0 Å². The topological polar surface area (TPSA) is 127 Å². The van der Waals surface area contributed by atoms with E-state index in [2.05, 4.69) is 5.32 Å². The van der Waals surface area contributed by atoms with Crippen LogP contribution >= 0.6 is 0 Å². The lowest BCUT2D eigenvalue weighted by Gasteiger charge is -2.26. The Balaban J connectivity index is 2.26. The second-order valence-electron chi connectivity index (χ2n) is 5.83. The highest BCUT2D eigenvalue weighted by Crippen LogP contribution is 2.28. The van der Waals surface area contributed by atoms with Crippen molar-refractivity contribution in [2.24, 2.45) is 17.6 Å². The molecule has 1 rings (SSSR count). The maximum absolute atomic E-state index is 11.8. The molecule has 4 N–H and O–H groups in total. The van der Waals surface area contributed by atoms with Crippen LogP contribution in [0.4, 0.5) is 0 Å². The molecular weight excluding hydrogens is 296 g/mol. The second kappa shape index (κ2) is 7.74. The number of sulfone groups is 1. The lowest BCUT2D eigenvalue weighted by molar-refractivity contribution is -0.143. The molecular formula is C13H24N2O5S. The van der Waals surface area contributed by atoms with E-state index in [1.807, 2.05) is 0 Å². The first-order valence-corrected chi connectivity index (χ1v) is 9.19. The highest BCUT2D eigenvalue weighted by molar-refractivity contribution is 7.90. The Morgan fingerprint density at radius 1 is 1.29 bits per heavy atom. The van der Waals surface area contributed by atoms with Crippen LogP contribution in [-0.4, -0.2) is 50.0 Å². The number of aliphatic carboxylic acids is 1. The predicted octanol–water partition coefficient (Wildman–Crippen LogP) is -0.244. The maximum Gasteiger partial charge on any atom is 0.306 e. The van der Waals surface area contributed by atoms with Crippen molar-refractivity contribution in [3.8, 4) is 0 Å². The van der Waals surface area contributed by atoms with Gasteiger partial charge in [0.05, 0.1) is 17.7 Å². The molecule has 0 radical (unpaired) electrons. The summed E-state index contributed by atoms with van der Waals surface area (Å²) in [7, 11) is -3.12. The Labute approximate surface area is 125 Å². The van der Waals surface area contributed by atoms with E-state index < -0.39 is 21.8 Å². The smallest absolute Gasteiger partial charge is 0.306 e. The zero-order chi connectivity index (χ0) is 16.0. The molecule has 0 aromatic rings. The van der Waals surface area contributed by atoms with E-state index in [9.17, 15) is 18.0 Å². The minimum absolute atomic E-state index is 0.106. The van der Waals surface area contributed by atoms with Gasteiger partial charge in [-0.1, -0.05) is 0 Å². The van der Waals surface area contributed by atoms with Gasteiger partial charge in [-0.3, -0.25) is 9.59 Å². The summed E-state index contributed by atoms with van der Waals surface area (Å²) in [5.74, 6) is -1.20. The minimum Gasteiger partial charge on any atom is -0.481 e. The van der Waals surface area contributed by atoms with Gasteiger partial charge in [-0.25, -0.2) is 8.42 Å². The maximum atomic E-state index is 11.8. The number of carbonyl (C=O) groups excluding carboxylic acids is 1. The van der Waals surface area contributed by atoms with Gasteiger partial charge in [0.1, 0.15) is 9.84 Å². The fraction of sp³-hybridized carbons (Fsp3) is 0.846. The van der Waals surface area contributed by atoms with Crippen LogP contribution in [-0.2, 0) is 19.4 Å². The van der Waals surface area contributed by atoms with Gasteiger partial charge in [0.15, 0.2) is 0 Å². The average Bonchev–Trinajstić information content (AvgIpc) is 2.41. The summed E-state index contributed by atoms with van der Waals surface area (Å²) in [5.41, 5.74) is 5.65. The standard InChI is InChI=1S/C13H24N2O5S/c1-21(19,20)7-6-11(14)12(16)15-8-9-2-4-10(5-3-9)13(17)18/h9-11H,2-8,14H2,1H3,(H,15,16)(H,17,18). The average molecular weight is 320 g/mol. The van der Waals surface area contributed by atoms with Crippen molar-refractivity contribution >= 4 is 21.7 Å². The summed E-state index contributed by atoms with van der Waals surface area (Å²) in [4.78, 5) is 22.6. The summed E-state index contributed by atoms with van der Waals surface area (Å²) in [6.07, 6.45) is 4.03. The van der Waals surface area contributed by atoms with Gasteiger partial charge in [-0.05, 0) is 38.0 Å². The van der Waals surface area contributed by atoms with Crippen molar-refractivity contribution in [1.82, 2.24) is 5.32 Å². The molecule has 0 saturated heterocycles.